The normalized spacial score (nSPS) is 12.8. The van der Waals surface area contributed by atoms with Crippen molar-refractivity contribution in [1.29, 1.82) is 0 Å². The predicted molar refractivity (Wildman–Crippen MR) is 125 cm³/mol. The number of methoxy groups -OCH3 is 3. The summed E-state index contributed by atoms with van der Waals surface area (Å²) in [5.74, 6) is 1.44. The van der Waals surface area contributed by atoms with E-state index in [1.54, 1.807) is 33.5 Å². The molecule has 166 valence electrons. The summed E-state index contributed by atoms with van der Waals surface area (Å²) >= 11 is 0. The molecular formula is C26H28N2O4. The number of fused-ring (bicyclic) bond motifs is 3. The SMILES string of the molecule is COc1cc(NC(=O)CCN2Cc3ccccc3-c3ccccc3C2)cc(OC)c1OC. The van der Waals surface area contributed by atoms with Crippen LogP contribution in [0.25, 0.3) is 11.1 Å². The van der Waals surface area contributed by atoms with Crippen molar-refractivity contribution in [3.63, 3.8) is 0 Å². The average Bonchev–Trinajstić information content (AvgIpc) is 2.98. The highest BCUT2D eigenvalue weighted by atomic mass is 16.5. The third kappa shape index (κ3) is 4.55. The summed E-state index contributed by atoms with van der Waals surface area (Å²) < 4.78 is 16.1. The number of hydrogen-bond donors (Lipinski definition) is 1. The second-order valence-corrected chi connectivity index (χ2v) is 7.74. The first-order valence-corrected chi connectivity index (χ1v) is 10.6. The van der Waals surface area contributed by atoms with Gasteiger partial charge in [0.25, 0.3) is 0 Å². The lowest BCUT2D eigenvalue weighted by atomic mass is 9.97. The summed E-state index contributed by atoms with van der Waals surface area (Å²) in [6, 6.07) is 20.5. The molecule has 1 N–H and O–H groups in total. The molecule has 4 rings (SSSR count). The highest BCUT2D eigenvalue weighted by Gasteiger charge is 2.20. The van der Waals surface area contributed by atoms with Gasteiger partial charge in [-0.05, 0) is 22.3 Å². The fourth-order valence-corrected chi connectivity index (χ4v) is 4.17. The van der Waals surface area contributed by atoms with Gasteiger partial charge in [0, 0.05) is 43.9 Å². The molecule has 3 aromatic rings. The molecule has 0 fully saturated rings. The minimum absolute atomic E-state index is 0.0647. The van der Waals surface area contributed by atoms with E-state index in [9.17, 15) is 4.79 Å². The molecule has 0 aliphatic carbocycles. The van der Waals surface area contributed by atoms with Crippen LogP contribution in [0.15, 0.2) is 60.7 Å². The topological polar surface area (TPSA) is 60.0 Å². The first kappa shape index (κ1) is 21.7. The maximum absolute atomic E-state index is 12.7. The number of carbonyl (C=O) groups is 1. The maximum atomic E-state index is 12.7. The minimum Gasteiger partial charge on any atom is -0.493 e. The maximum Gasteiger partial charge on any atom is 0.225 e. The summed E-state index contributed by atoms with van der Waals surface area (Å²) in [6.45, 7) is 2.27. The van der Waals surface area contributed by atoms with Gasteiger partial charge in [-0.3, -0.25) is 9.69 Å². The first-order valence-electron chi connectivity index (χ1n) is 10.6. The number of benzene rings is 3. The number of anilines is 1. The number of ether oxygens (including phenoxy) is 3. The zero-order valence-electron chi connectivity index (χ0n) is 18.7. The van der Waals surface area contributed by atoms with Gasteiger partial charge in [0.05, 0.1) is 21.3 Å². The Morgan fingerprint density at radius 3 is 1.88 bits per heavy atom. The molecule has 3 aromatic carbocycles. The van der Waals surface area contributed by atoms with E-state index in [-0.39, 0.29) is 5.91 Å². The van der Waals surface area contributed by atoms with Crippen LogP contribution in [0.5, 0.6) is 17.2 Å². The summed E-state index contributed by atoms with van der Waals surface area (Å²) in [6.07, 6.45) is 0.376. The molecular weight excluding hydrogens is 404 g/mol. The Balaban J connectivity index is 1.46. The van der Waals surface area contributed by atoms with Crippen molar-refractivity contribution in [2.24, 2.45) is 0 Å². The van der Waals surface area contributed by atoms with Crippen molar-refractivity contribution in [3.05, 3.63) is 71.8 Å². The molecule has 1 aliphatic rings. The van der Waals surface area contributed by atoms with Gasteiger partial charge < -0.3 is 19.5 Å². The molecule has 1 amide bonds. The summed E-state index contributed by atoms with van der Waals surface area (Å²) in [5.41, 5.74) is 5.71. The van der Waals surface area contributed by atoms with Gasteiger partial charge in [-0.15, -0.1) is 0 Å². The number of nitrogens with one attached hydrogen (secondary N) is 1. The van der Waals surface area contributed by atoms with E-state index in [1.807, 2.05) is 0 Å². The predicted octanol–water partition coefficient (Wildman–Crippen LogP) is 4.72. The van der Waals surface area contributed by atoms with E-state index in [1.165, 1.54) is 22.3 Å². The third-order valence-electron chi connectivity index (χ3n) is 5.72. The monoisotopic (exact) mass is 432 g/mol. The van der Waals surface area contributed by atoms with Crippen LogP contribution in [0.4, 0.5) is 5.69 Å². The van der Waals surface area contributed by atoms with E-state index >= 15 is 0 Å². The Hall–Kier alpha value is -3.51. The quantitative estimate of drug-likeness (QED) is 0.585. The highest BCUT2D eigenvalue weighted by Crippen LogP contribution is 2.40. The van der Waals surface area contributed by atoms with Gasteiger partial charge in [0.15, 0.2) is 11.5 Å². The highest BCUT2D eigenvalue weighted by molar-refractivity contribution is 5.91. The standard InChI is InChI=1S/C26H28N2O4/c1-30-23-14-20(15-24(31-2)26(23)32-3)27-25(29)12-13-28-16-18-8-4-6-10-21(18)22-11-7-5-9-19(22)17-28/h4-11,14-15H,12-13,16-17H2,1-3H3,(H,27,29). The molecule has 1 heterocycles. The van der Waals surface area contributed by atoms with Gasteiger partial charge in [0.1, 0.15) is 0 Å². The Morgan fingerprint density at radius 1 is 0.844 bits per heavy atom. The fraction of sp³-hybridized carbons (Fsp3) is 0.269. The Bertz CT molecular complexity index is 1040. The Labute approximate surface area is 188 Å². The molecule has 0 atom stereocenters. The van der Waals surface area contributed by atoms with Crippen molar-refractivity contribution < 1.29 is 19.0 Å². The van der Waals surface area contributed by atoms with Gasteiger partial charge in [-0.25, -0.2) is 0 Å². The summed E-state index contributed by atoms with van der Waals surface area (Å²) in [4.78, 5) is 15.1. The fourth-order valence-electron chi connectivity index (χ4n) is 4.17. The van der Waals surface area contributed by atoms with Gasteiger partial charge in [-0.2, -0.15) is 0 Å². The van der Waals surface area contributed by atoms with Crippen LogP contribution in [0, 0.1) is 0 Å². The van der Waals surface area contributed by atoms with E-state index < -0.39 is 0 Å². The molecule has 6 heteroatoms. The Morgan fingerprint density at radius 2 is 1.38 bits per heavy atom. The van der Waals surface area contributed by atoms with Crippen LogP contribution >= 0.6 is 0 Å². The Kier molecular flexibility index (Phi) is 6.61. The second-order valence-electron chi connectivity index (χ2n) is 7.74. The second kappa shape index (κ2) is 9.75. The number of rotatable bonds is 7. The van der Waals surface area contributed by atoms with Gasteiger partial charge in [0.2, 0.25) is 11.7 Å². The van der Waals surface area contributed by atoms with E-state index in [2.05, 4.69) is 58.7 Å². The number of nitrogens with zero attached hydrogens (tertiary/aromatic N) is 1. The molecule has 0 radical (unpaired) electrons. The van der Waals surface area contributed by atoms with Crippen molar-refractivity contribution in [2.45, 2.75) is 19.5 Å². The van der Waals surface area contributed by atoms with Crippen molar-refractivity contribution in [2.75, 3.05) is 33.2 Å². The van der Waals surface area contributed by atoms with E-state index in [0.29, 0.717) is 35.9 Å². The third-order valence-corrected chi connectivity index (χ3v) is 5.72. The largest absolute Gasteiger partial charge is 0.493 e. The molecule has 0 saturated carbocycles. The molecule has 0 aromatic heterocycles. The number of amides is 1. The molecule has 0 spiro atoms. The first-order chi connectivity index (χ1) is 15.6. The summed E-state index contributed by atoms with van der Waals surface area (Å²) in [5, 5.41) is 2.96. The molecule has 0 unspecified atom stereocenters. The van der Waals surface area contributed by atoms with Crippen LogP contribution in [-0.4, -0.2) is 38.7 Å². The van der Waals surface area contributed by atoms with Gasteiger partial charge in [-0.1, -0.05) is 48.5 Å². The van der Waals surface area contributed by atoms with E-state index in [4.69, 9.17) is 14.2 Å². The minimum atomic E-state index is -0.0647. The molecule has 32 heavy (non-hydrogen) atoms. The molecule has 0 saturated heterocycles. The van der Waals surface area contributed by atoms with Crippen LogP contribution in [0.2, 0.25) is 0 Å². The zero-order chi connectivity index (χ0) is 22.5. The van der Waals surface area contributed by atoms with Crippen molar-refractivity contribution >= 4 is 11.6 Å². The van der Waals surface area contributed by atoms with Crippen LogP contribution in [0.3, 0.4) is 0 Å². The van der Waals surface area contributed by atoms with Crippen molar-refractivity contribution in [1.82, 2.24) is 4.90 Å². The molecule has 0 bridgehead atoms. The smallest absolute Gasteiger partial charge is 0.225 e. The number of carbonyl (C=O) groups excluding carboxylic acids is 1. The van der Waals surface area contributed by atoms with E-state index in [0.717, 1.165) is 13.1 Å². The molecule has 1 aliphatic heterocycles. The lowest BCUT2D eigenvalue weighted by molar-refractivity contribution is -0.116. The zero-order valence-corrected chi connectivity index (χ0v) is 18.7. The lowest BCUT2D eigenvalue weighted by Gasteiger charge is -2.21. The van der Waals surface area contributed by atoms with Crippen LogP contribution in [0.1, 0.15) is 17.5 Å². The van der Waals surface area contributed by atoms with Crippen molar-refractivity contribution in [3.8, 4) is 28.4 Å². The molecule has 6 nitrogen and oxygen atoms in total. The summed E-state index contributed by atoms with van der Waals surface area (Å²) in [7, 11) is 4.66. The van der Waals surface area contributed by atoms with Crippen LogP contribution in [-0.2, 0) is 17.9 Å². The average molecular weight is 433 g/mol. The van der Waals surface area contributed by atoms with Gasteiger partial charge >= 0.3 is 0 Å². The lowest BCUT2D eigenvalue weighted by Crippen LogP contribution is -2.26. The van der Waals surface area contributed by atoms with Crippen LogP contribution < -0.4 is 19.5 Å². The number of hydrogen-bond acceptors (Lipinski definition) is 5.